The Labute approximate surface area is 86.0 Å². The molecule has 0 atom stereocenters. The number of carboxylic acid groups (broad SMARTS) is 1. The van der Waals surface area contributed by atoms with Crippen LogP contribution < -0.4 is 0 Å². The van der Waals surface area contributed by atoms with E-state index in [0.29, 0.717) is 0 Å². The first-order valence-electron chi connectivity index (χ1n) is 4.38. The van der Waals surface area contributed by atoms with E-state index in [0.717, 1.165) is 11.4 Å². The molecule has 15 heavy (non-hydrogen) atoms. The molecule has 0 saturated heterocycles. The molecule has 0 fully saturated rings. The summed E-state index contributed by atoms with van der Waals surface area (Å²) in [4.78, 5) is 14.8. The van der Waals surface area contributed by atoms with Crippen LogP contribution in [0.15, 0.2) is 30.7 Å². The van der Waals surface area contributed by atoms with E-state index >= 15 is 0 Å². The van der Waals surface area contributed by atoms with E-state index in [-0.39, 0.29) is 5.56 Å². The number of carbonyl (C=O) groups is 1. The van der Waals surface area contributed by atoms with Crippen LogP contribution in [0.2, 0.25) is 0 Å². The average Bonchev–Trinajstić information content (AvgIpc) is 2.67. The quantitative estimate of drug-likeness (QED) is 0.798. The molecular weight excluding hydrogens is 194 g/mol. The summed E-state index contributed by atoms with van der Waals surface area (Å²) in [5.74, 6) is -0.984. The van der Waals surface area contributed by atoms with E-state index < -0.39 is 5.97 Å². The number of hydrogen-bond donors (Lipinski definition) is 1. The number of carboxylic acids is 1. The molecule has 0 unspecified atom stereocenters. The highest BCUT2D eigenvalue weighted by molar-refractivity contribution is 5.86. The van der Waals surface area contributed by atoms with Gasteiger partial charge in [-0.25, -0.2) is 9.48 Å². The second-order valence-electron chi connectivity index (χ2n) is 3.09. The minimum absolute atomic E-state index is 0.165. The van der Waals surface area contributed by atoms with Crippen LogP contribution in [0, 0.1) is 6.92 Å². The Hall–Kier alpha value is -2.17. The first-order valence-corrected chi connectivity index (χ1v) is 4.38. The first kappa shape index (κ1) is 9.39. The van der Waals surface area contributed by atoms with E-state index in [9.17, 15) is 4.79 Å². The van der Waals surface area contributed by atoms with Gasteiger partial charge in [0, 0.05) is 12.4 Å². The van der Waals surface area contributed by atoms with Crippen LogP contribution in [0.5, 0.6) is 0 Å². The van der Waals surface area contributed by atoms with Gasteiger partial charge < -0.3 is 5.11 Å². The van der Waals surface area contributed by atoms with Gasteiger partial charge in [-0.15, -0.1) is 0 Å². The molecule has 76 valence electrons. The SMILES string of the molecule is Cc1ncccc1-n1cc(C(=O)O)cn1. The number of pyridine rings is 1. The van der Waals surface area contributed by atoms with Crippen molar-refractivity contribution in [1.29, 1.82) is 0 Å². The summed E-state index contributed by atoms with van der Waals surface area (Å²) in [6.07, 6.45) is 4.46. The fourth-order valence-corrected chi connectivity index (χ4v) is 1.28. The summed E-state index contributed by atoms with van der Waals surface area (Å²) in [5.41, 5.74) is 1.75. The summed E-state index contributed by atoms with van der Waals surface area (Å²) < 4.78 is 1.51. The molecule has 0 bridgehead atoms. The molecule has 5 nitrogen and oxygen atoms in total. The Balaban J connectivity index is 2.46. The number of aryl methyl sites for hydroxylation is 1. The maximum Gasteiger partial charge on any atom is 0.338 e. The Morgan fingerprint density at radius 2 is 2.33 bits per heavy atom. The molecule has 0 aromatic carbocycles. The highest BCUT2D eigenvalue weighted by Crippen LogP contribution is 2.10. The summed E-state index contributed by atoms with van der Waals surface area (Å²) in [6.45, 7) is 1.84. The number of aromatic nitrogens is 3. The maximum atomic E-state index is 10.7. The zero-order valence-corrected chi connectivity index (χ0v) is 8.08. The summed E-state index contributed by atoms with van der Waals surface area (Å²) in [6, 6.07) is 3.62. The monoisotopic (exact) mass is 203 g/mol. The minimum atomic E-state index is -0.984. The summed E-state index contributed by atoms with van der Waals surface area (Å²) in [5, 5.41) is 12.7. The minimum Gasteiger partial charge on any atom is -0.478 e. The van der Waals surface area contributed by atoms with Crippen molar-refractivity contribution in [3.8, 4) is 5.69 Å². The van der Waals surface area contributed by atoms with Gasteiger partial charge in [0.15, 0.2) is 0 Å². The third kappa shape index (κ3) is 1.71. The number of rotatable bonds is 2. The van der Waals surface area contributed by atoms with Gasteiger partial charge in [0.25, 0.3) is 0 Å². The number of nitrogens with zero attached hydrogens (tertiary/aromatic N) is 3. The van der Waals surface area contributed by atoms with Crippen molar-refractivity contribution in [1.82, 2.24) is 14.8 Å². The van der Waals surface area contributed by atoms with Crippen LogP contribution in [0.4, 0.5) is 0 Å². The molecular formula is C10H9N3O2. The first-order chi connectivity index (χ1) is 7.18. The third-order valence-corrected chi connectivity index (χ3v) is 2.06. The molecule has 5 heteroatoms. The van der Waals surface area contributed by atoms with Gasteiger partial charge in [0.1, 0.15) is 0 Å². The predicted molar refractivity (Wildman–Crippen MR) is 53.1 cm³/mol. The zero-order chi connectivity index (χ0) is 10.8. The van der Waals surface area contributed by atoms with E-state index in [2.05, 4.69) is 10.1 Å². The van der Waals surface area contributed by atoms with Crippen LogP contribution >= 0.6 is 0 Å². The van der Waals surface area contributed by atoms with Crippen LogP contribution in [0.25, 0.3) is 5.69 Å². The summed E-state index contributed by atoms with van der Waals surface area (Å²) in [7, 11) is 0. The lowest BCUT2D eigenvalue weighted by molar-refractivity contribution is 0.0697. The molecule has 0 amide bonds. The molecule has 0 aliphatic rings. The van der Waals surface area contributed by atoms with Gasteiger partial charge in [-0.1, -0.05) is 0 Å². The molecule has 1 N–H and O–H groups in total. The van der Waals surface area contributed by atoms with Gasteiger partial charge in [0.2, 0.25) is 0 Å². The van der Waals surface area contributed by atoms with E-state index in [1.54, 1.807) is 12.3 Å². The smallest absolute Gasteiger partial charge is 0.338 e. The second kappa shape index (κ2) is 3.53. The van der Waals surface area contributed by atoms with Crippen molar-refractivity contribution < 1.29 is 9.90 Å². The Morgan fingerprint density at radius 3 is 2.93 bits per heavy atom. The van der Waals surface area contributed by atoms with Gasteiger partial charge >= 0.3 is 5.97 Å². The third-order valence-electron chi connectivity index (χ3n) is 2.06. The van der Waals surface area contributed by atoms with Gasteiger partial charge in [-0.3, -0.25) is 4.98 Å². The molecule has 2 aromatic heterocycles. The molecule has 2 rings (SSSR count). The maximum absolute atomic E-state index is 10.7. The van der Waals surface area contributed by atoms with Gasteiger partial charge in [0.05, 0.1) is 23.1 Å². The Morgan fingerprint density at radius 1 is 1.53 bits per heavy atom. The molecule has 0 spiro atoms. The predicted octanol–water partition coefficient (Wildman–Crippen LogP) is 1.27. The average molecular weight is 203 g/mol. The second-order valence-corrected chi connectivity index (χ2v) is 3.09. The van der Waals surface area contributed by atoms with Crippen LogP contribution in [-0.4, -0.2) is 25.8 Å². The normalized spacial score (nSPS) is 10.2. The van der Waals surface area contributed by atoms with Crippen LogP contribution in [-0.2, 0) is 0 Å². The lowest BCUT2D eigenvalue weighted by atomic mass is 10.3. The zero-order valence-electron chi connectivity index (χ0n) is 8.08. The van der Waals surface area contributed by atoms with Crippen molar-refractivity contribution in [2.24, 2.45) is 0 Å². The standard InChI is InChI=1S/C10H9N3O2/c1-7-9(3-2-4-11-7)13-6-8(5-12-13)10(14)15/h2-6H,1H3,(H,14,15). The van der Waals surface area contributed by atoms with E-state index in [4.69, 9.17) is 5.11 Å². The molecule has 0 aliphatic carbocycles. The van der Waals surface area contributed by atoms with Crippen molar-refractivity contribution in [3.63, 3.8) is 0 Å². The Kier molecular flexibility index (Phi) is 2.21. The fraction of sp³-hybridized carbons (Fsp3) is 0.100. The number of aromatic carboxylic acids is 1. The van der Waals surface area contributed by atoms with Gasteiger partial charge in [-0.2, -0.15) is 5.10 Å². The highest BCUT2D eigenvalue weighted by Gasteiger charge is 2.08. The van der Waals surface area contributed by atoms with Crippen molar-refractivity contribution >= 4 is 5.97 Å². The molecule has 0 radical (unpaired) electrons. The van der Waals surface area contributed by atoms with E-state index in [1.807, 2.05) is 13.0 Å². The molecule has 0 aliphatic heterocycles. The highest BCUT2D eigenvalue weighted by atomic mass is 16.4. The van der Waals surface area contributed by atoms with Crippen LogP contribution in [0.3, 0.4) is 0 Å². The molecule has 2 aromatic rings. The van der Waals surface area contributed by atoms with Crippen molar-refractivity contribution in [2.45, 2.75) is 6.92 Å². The lowest BCUT2D eigenvalue weighted by Gasteiger charge is -2.02. The Bertz CT molecular complexity index is 505. The molecule has 0 saturated carbocycles. The van der Waals surface area contributed by atoms with Crippen LogP contribution in [0.1, 0.15) is 16.1 Å². The summed E-state index contributed by atoms with van der Waals surface area (Å²) >= 11 is 0. The van der Waals surface area contributed by atoms with E-state index in [1.165, 1.54) is 17.1 Å². The van der Waals surface area contributed by atoms with Crippen molar-refractivity contribution in [3.05, 3.63) is 42.0 Å². The topological polar surface area (TPSA) is 68.0 Å². The van der Waals surface area contributed by atoms with Crippen molar-refractivity contribution in [2.75, 3.05) is 0 Å². The molecule has 2 heterocycles. The van der Waals surface area contributed by atoms with Gasteiger partial charge in [-0.05, 0) is 19.1 Å². The number of hydrogen-bond acceptors (Lipinski definition) is 3. The largest absolute Gasteiger partial charge is 0.478 e. The lowest BCUT2D eigenvalue weighted by Crippen LogP contribution is -1.99. The fourth-order valence-electron chi connectivity index (χ4n) is 1.28.